The average Bonchev–Trinajstić information content (AvgIpc) is 3.04. The van der Waals surface area contributed by atoms with Crippen molar-refractivity contribution in [2.24, 2.45) is 0 Å². The number of aromatic carboxylic acids is 1. The fourth-order valence-corrected chi connectivity index (χ4v) is 2.84. The summed E-state index contributed by atoms with van der Waals surface area (Å²) in [5, 5.41) is 8.99. The van der Waals surface area contributed by atoms with E-state index >= 15 is 0 Å². The Morgan fingerprint density at radius 2 is 1.95 bits per heavy atom. The summed E-state index contributed by atoms with van der Waals surface area (Å²) >= 11 is 0. The molecule has 6 nitrogen and oxygen atoms in total. The summed E-state index contributed by atoms with van der Waals surface area (Å²) in [4.78, 5) is 38.0. The number of amides is 2. The van der Waals surface area contributed by atoms with Crippen LogP contribution >= 0.6 is 0 Å². The second kappa shape index (κ2) is 5.20. The van der Waals surface area contributed by atoms with Crippen LogP contribution in [-0.4, -0.2) is 45.8 Å². The maximum atomic E-state index is 12.2. The van der Waals surface area contributed by atoms with Crippen molar-refractivity contribution in [3.05, 3.63) is 34.9 Å². The lowest BCUT2D eigenvalue weighted by atomic mass is 10.1. The molecule has 21 heavy (non-hydrogen) atoms. The Hall–Kier alpha value is -2.37. The zero-order valence-corrected chi connectivity index (χ0v) is 11.5. The summed E-state index contributed by atoms with van der Waals surface area (Å²) < 4.78 is 0. The van der Waals surface area contributed by atoms with Gasteiger partial charge in [0.15, 0.2) is 0 Å². The standard InChI is InChI=1S/C15H16N2O4/c18-13-2-1-5-16(13)9-14(19)17-7-11-4-3-10(15(20)21)6-12(11)8-17/h3-4,6H,1-2,5,7-9H2,(H,20,21). The third-order valence-electron chi connectivity index (χ3n) is 4.03. The Kier molecular flexibility index (Phi) is 3.37. The van der Waals surface area contributed by atoms with Gasteiger partial charge in [0, 0.05) is 26.1 Å². The lowest BCUT2D eigenvalue weighted by Crippen LogP contribution is -2.38. The molecule has 1 aromatic rings. The van der Waals surface area contributed by atoms with Crippen LogP contribution in [0.1, 0.15) is 34.3 Å². The van der Waals surface area contributed by atoms with Gasteiger partial charge in [-0.25, -0.2) is 4.79 Å². The van der Waals surface area contributed by atoms with Crippen molar-refractivity contribution in [3.63, 3.8) is 0 Å². The first-order valence-corrected chi connectivity index (χ1v) is 6.95. The number of rotatable bonds is 3. The maximum absolute atomic E-state index is 12.2. The van der Waals surface area contributed by atoms with Crippen molar-refractivity contribution in [3.8, 4) is 0 Å². The molecule has 2 amide bonds. The van der Waals surface area contributed by atoms with Gasteiger partial charge in [0.1, 0.15) is 0 Å². The number of nitrogens with zero attached hydrogens (tertiary/aromatic N) is 2. The largest absolute Gasteiger partial charge is 0.478 e. The minimum Gasteiger partial charge on any atom is -0.478 e. The fourth-order valence-electron chi connectivity index (χ4n) is 2.84. The quantitative estimate of drug-likeness (QED) is 0.894. The molecular weight excluding hydrogens is 272 g/mol. The minimum absolute atomic E-state index is 0.0354. The van der Waals surface area contributed by atoms with E-state index in [-0.39, 0.29) is 23.9 Å². The van der Waals surface area contributed by atoms with Gasteiger partial charge in [-0.05, 0) is 29.7 Å². The molecule has 1 fully saturated rings. The lowest BCUT2D eigenvalue weighted by molar-refractivity contribution is -0.138. The summed E-state index contributed by atoms with van der Waals surface area (Å²) in [5.41, 5.74) is 2.08. The molecule has 0 unspecified atom stereocenters. The summed E-state index contributed by atoms with van der Waals surface area (Å²) in [5.74, 6) is -1.02. The van der Waals surface area contributed by atoms with E-state index in [2.05, 4.69) is 0 Å². The van der Waals surface area contributed by atoms with E-state index in [9.17, 15) is 14.4 Å². The van der Waals surface area contributed by atoms with Crippen molar-refractivity contribution in [1.29, 1.82) is 0 Å². The molecule has 2 aliphatic heterocycles. The number of fused-ring (bicyclic) bond motifs is 1. The number of hydrogen-bond acceptors (Lipinski definition) is 3. The van der Waals surface area contributed by atoms with Crippen LogP contribution < -0.4 is 0 Å². The monoisotopic (exact) mass is 288 g/mol. The molecule has 0 saturated carbocycles. The van der Waals surface area contributed by atoms with Crippen molar-refractivity contribution in [1.82, 2.24) is 9.80 Å². The predicted molar refractivity (Wildman–Crippen MR) is 73.5 cm³/mol. The van der Waals surface area contributed by atoms with E-state index in [4.69, 9.17) is 5.11 Å². The van der Waals surface area contributed by atoms with Gasteiger partial charge in [0.2, 0.25) is 11.8 Å². The fraction of sp³-hybridized carbons (Fsp3) is 0.400. The zero-order chi connectivity index (χ0) is 15.0. The molecule has 1 N–H and O–H groups in total. The number of carboxylic acids is 1. The highest BCUT2D eigenvalue weighted by Gasteiger charge is 2.28. The van der Waals surface area contributed by atoms with Gasteiger partial charge in [0.05, 0.1) is 12.1 Å². The Morgan fingerprint density at radius 3 is 2.62 bits per heavy atom. The third kappa shape index (κ3) is 2.61. The molecule has 0 bridgehead atoms. The minimum atomic E-state index is -0.967. The molecule has 3 rings (SSSR count). The van der Waals surface area contributed by atoms with E-state index < -0.39 is 5.97 Å². The first kappa shape index (κ1) is 13.6. The maximum Gasteiger partial charge on any atom is 0.335 e. The van der Waals surface area contributed by atoms with E-state index in [0.717, 1.165) is 17.5 Å². The van der Waals surface area contributed by atoms with E-state index in [0.29, 0.717) is 26.1 Å². The molecule has 1 aromatic carbocycles. The molecule has 0 aromatic heterocycles. The molecule has 2 heterocycles. The van der Waals surface area contributed by atoms with Crippen LogP contribution in [0.3, 0.4) is 0 Å². The summed E-state index contributed by atoms with van der Waals surface area (Å²) in [7, 11) is 0. The Bertz CT molecular complexity index is 626. The van der Waals surface area contributed by atoms with Crippen LogP contribution in [0.15, 0.2) is 18.2 Å². The van der Waals surface area contributed by atoms with E-state index in [1.54, 1.807) is 28.0 Å². The number of likely N-dealkylation sites (tertiary alicyclic amines) is 1. The molecule has 6 heteroatoms. The zero-order valence-electron chi connectivity index (χ0n) is 11.5. The van der Waals surface area contributed by atoms with Crippen LogP contribution in [0.5, 0.6) is 0 Å². The van der Waals surface area contributed by atoms with Crippen molar-refractivity contribution in [2.45, 2.75) is 25.9 Å². The summed E-state index contributed by atoms with van der Waals surface area (Å²) in [6.07, 6.45) is 1.34. The van der Waals surface area contributed by atoms with Crippen LogP contribution in [0.4, 0.5) is 0 Å². The first-order valence-electron chi connectivity index (χ1n) is 6.95. The summed E-state index contributed by atoms with van der Waals surface area (Å²) in [6, 6.07) is 4.93. The predicted octanol–water partition coefficient (Wildman–Crippen LogP) is 0.849. The van der Waals surface area contributed by atoms with Gasteiger partial charge in [-0.1, -0.05) is 6.07 Å². The first-order chi connectivity index (χ1) is 10.0. The van der Waals surface area contributed by atoms with Gasteiger partial charge >= 0.3 is 5.97 Å². The smallest absolute Gasteiger partial charge is 0.335 e. The molecule has 110 valence electrons. The second-order valence-electron chi connectivity index (χ2n) is 5.46. The molecule has 0 radical (unpaired) electrons. The molecule has 0 atom stereocenters. The number of carbonyl (C=O) groups excluding carboxylic acids is 2. The Labute approximate surface area is 122 Å². The van der Waals surface area contributed by atoms with Crippen LogP contribution in [-0.2, 0) is 22.7 Å². The normalized spacial score (nSPS) is 17.2. The van der Waals surface area contributed by atoms with Crippen LogP contribution in [0, 0.1) is 0 Å². The average molecular weight is 288 g/mol. The molecule has 0 spiro atoms. The Balaban J connectivity index is 1.68. The molecule has 1 saturated heterocycles. The number of hydrogen-bond donors (Lipinski definition) is 1. The number of benzene rings is 1. The van der Waals surface area contributed by atoms with E-state index in [1.807, 2.05) is 0 Å². The number of carbonyl (C=O) groups is 3. The highest BCUT2D eigenvalue weighted by atomic mass is 16.4. The van der Waals surface area contributed by atoms with Gasteiger partial charge in [0.25, 0.3) is 0 Å². The van der Waals surface area contributed by atoms with E-state index in [1.165, 1.54) is 0 Å². The van der Waals surface area contributed by atoms with Crippen molar-refractivity contribution >= 4 is 17.8 Å². The van der Waals surface area contributed by atoms with Gasteiger partial charge < -0.3 is 14.9 Å². The van der Waals surface area contributed by atoms with Crippen LogP contribution in [0.25, 0.3) is 0 Å². The summed E-state index contributed by atoms with van der Waals surface area (Å²) in [6.45, 7) is 1.67. The Morgan fingerprint density at radius 1 is 1.19 bits per heavy atom. The molecule has 2 aliphatic rings. The topological polar surface area (TPSA) is 77.9 Å². The SMILES string of the molecule is O=C(O)c1ccc2c(c1)CN(C(=O)CN1CCCC1=O)C2. The van der Waals surface area contributed by atoms with Gasteiger partial charge in [-0.2, -0.15) is 0 Å². The van der Waals surface area contributed by atoms with Crippen molar-refractivity contribution < 1.29 is 19.5 Å². The lowest BCUT2D eigenvalue weighted by Gasteiger charge is -2.20. The van der Waals surface area contributed by atoms with Gasteiger partial charge in [-0.15, -0.1) is 0 Å². The number of carboxylic acid groups (broad SMARTS) is 1. The van der Waals surface area contributed by atoms with Crippen molar-refractivity contribution in [2.75, 3.05) is 13.1 Å². The molecular formula is C15H16N2O4. The third-order valence-corrected chi connectivity index (χ3v) is 4.03. The highest BCUT2D eigenvalue weighted by molar-refractivity contribution is 5.88. The second-order valence-corrected chi connectivity index (χ2v) is 5.46. The van der Waals surface area contributed by atoms with Gasteiger partial charge in [-0.3, -0.25) is 9.59 Å². The molecule has 0 aliphatic carbocycles. The van der Waals surface area contributed by atoms with Crippen LogP contribution in [0.2, 0.25) is 0 Å². The highest BCUT2D eigenvalue weighted by Crippen LogP contribution is 2.24.